The van der Waals surface area contributed by atoms with Gasteiger partial charge in [-0.1, -0.05) is 133 Å². The van der Waals surface area contributed by atoms with Crippen molar-refractivity contribution in [1.82, 2.24) is 4.57 Å². The highest BCUT2D eigenvalue weighted by molar-refractivity contribution is 6.33. The SMILES string of the molecule is Cn1c2cccc(-c3ccc(N(c4ccccc4)c4cccc(-c5ccccc5)c4)cc3)c2c2c3ccccc3c3ccccc3c21. The van der Waals surface area contributed by atoms with E-state index in [9.17, 15) is 0 Å². The van der Waals surface area contributed by atoms with Crippen LogP contribution in [0.15, 0.2) is 176 Å². The fourth-order valence-electron chi connectivity index (χ4n) is 7.44. The number of hydrogen-bond donors (Lipinski definition) is 0. The zero-order chi connectivity index (χ0) is 31.3. The molecule has 0 atom stereocenters. The molecule has 0 spiro atoms. The lowest BCUT2D eigenvalue weighted by molar-refractivity contribution is 1.02. The van der Waals surface area contributed by atoms with E-state index in [1.54, 1.807) is 0 Å². The average Bonchev–Trinajstić information content (AvgIpc) is 3.46. The predicted molar refractivity (Wildman–Crippen MR) is 201 cm³/mol. The third-order valence-corrected chi connectivity index (χ3v) is 9.56. The molecule has 1 aromatic heterocycles. The van der Waals surface area contributed by atoms with Crippen molar-refractivity contribution < 1.29 is 0 Å². The van der Waals surface area contributed by atoms with Gasteiger partial charge in [-0.05, 0) is 80.9 Å². The zero-order valence-corrected chi connectivity index (χ0v) is 26.1. The van der Waals surface area contributed by atoms with Crippen molar-refractivity contribution in [3.8, 4) is 22.3 Å². The maximum Gasteiger partial charge on any atom is 0.0575 e. The summed E-state index contributed by atoms with van der Waals surface area (Å²) >= 11 is 0. The molecule has 0 aliphatic carbocycles. The Balaban J connectivity index is 1.23. The standard InChI is InChI=1S/C45H32N2/c1-46-42-25-13-24-37(43(42)44-40-22-10-8-20-38(40)39-21-9-11-23-41(39)45(44)46)32-26-28-35(29-27-32)47(34-17-6-3-7-18-34)36-19-12-16-33(30-36)31-14-4-2-5-15-31/h2-30H,1H3. The van der Waals surface area contributed by atoms with Gasteiger partial charge in [-0.2, -0.15) is 0 Å². The van der Waals surface area contributed by atoms with Crippen LogP contribution in [0.5, 0.6) is 0 Å². The number of anilines is 3. The fraction of sp³-hybridized carbons (Fsp3) is 0.0222. The number of hydrogen-bond acceptors (Lipinski definition) is 1. The molecule has 2 nitrogen and oxygen atoms in total. The first-order valence-electron chi connectivity index (χ1n) is 16.2. The number of fused-ring (bicyclic) bond motifs is 8. The molecule has 0 N–H and O–H groups in total. The van der Waals surface area contributed by atoms with Gasteiger partial charge in [0.1, 0.15) is 0 Å². The maximum atomic E-state index is 2.38. The van der Waals surface area contributed by atoms with E-state index >= 15 is 0 Å². The normalized spacial score (nSPS) is 11.5. The zero-order valence-electron chi connectivity index (χ0n) is 26.1. The minimum atomic E-state index is 1.12. The van der Waals surface area contributed by atoms with Gasteiger partial charge in [-0.3, -0.25) is 0 Å². The molecule has 1 heterocycles. The van der Waals surface area contributed by atoms with Gasteiger partial charge in [-0.25, -0.2) is 0 Å². The quantitative estimate of drug-likeness (QED) is 0.178. The van der Waals surface area contributed by atoms with E-state index in [0.29, 0.717) is 0 Å². The van der Waals surface area contributed by atoms with Crippen LogP contribution in [0.4, 0.5) is 17.1 Å². The number of rotatable bonds is 5. The Kier molecular flexibility index (Phi) is 6.39. The molecule has 0 radical (unpaired) electrons. The molecular weight excluding hydrogens is 569 g/mol. The Bertz CT molecular complexity index is 2560. The van der Waals surface area contributed by atoms with Crippen molar-refractivity contribution in [2.75, 3.05) is 4.90 Å². The summed E-state index contributed by atoms with van der Waals surface area (Å²) in [7, 11) is 2.21. The summed E-state index contributed by atoms with van der Waals surface area (Å²) in [4.78, 5) is 2.34. The minimum absolute atomic E-state index is 1.12. The highest BCUT2D eigenvalue weighted by Gasteiger charge is 2.19. The first kappa shape index (κ1) is 27.2. The molecule has 0 aliphatic rings. The van der Waals surface area contributed by atoms with Crippen molar-refractivity contribution in [2.24, 2.45) is 7.05 Å². The van der Waals surface area contributed by atoms with Crippen molar-refractivity contribution in [3.05, 3.63) is 176 Å². The van der Waals surface area contributed by atoms with Gasteiger partial charge in [0, 0.05) is 45.8 Å². The fourth-order valence-corrected chi connectivity index (χ4v) is 7.44. The van der Waals surface area contributed by atoms with Crippen LogP contribution in [0.2, 0.25) is 0 Å². The topological polar surface area (TPSA) is 8.17 Å². The summed E-state index contributed by atoms with van der Waals surface area (Å²) in [6.07, 6.45) is 0. The Morgan fingerprint density at radius 1 is 0.383 bits per heavy atom. The Labute approximate surface area is 274 Å². The lowest BCUT2D eigenvalue weighted by Crippen LogP contribution is -2.09. The maximum absolute atomic E-state index is 2.38. The average molecular weight is 601 g/mol. The smallest absolute Gasteiger partial charge is 0.0575 e. The summed E-state index contributed by atoms with van der Waals surface area (Å²) < 4.78 is 2.38. The number of nitrogens with zero attached hydrogens (tertiary/aromatic N) is 2. The molecule has 0 fully saturated rings. The molecule has 47 heavy (non-hydrogen) atoms. The van der Waals surface area contributed by atoms with Gasteiger partial charge in [-0.15, -0.1) is 0 Å². The van der Waals surface area contributed by atoms with E-state index in [4.69, 9.17) is 0 Å². The van der Waals surface area contributed by atoms with Gasteiger partial charge in [0.25, 0.3) is 0 Å². The van der Waals surface area contributed by atoms with Crippen LogP contribution in [-0.4, -0.2) is 4.57 Å². The van der Waals surface area contributed by atoms with Crippen LogP contribution in [0.1, 0.15) is 0 Å². The minimum Gasteiger partial charge on any atom is -0.343 e. The molecule has 0 aliphatic heterocycles. The summed E-state index contributed by atoms with van der Waals surface area (Å²) in [5, 5.41) is 7.80. The summed E-state index contributed by atoms with van der Waals surface area (Å²) in [6, 6.07) is 63.5. The van der Waals surface area contributed by atoms with Crippen LogP contribution < -0.4 is 4.90 Å². The van der Waals surface area contributed by atoms with Crippen LogP contribution >= 0.6 is 0 Å². The van der Waals surface area contributed by atoms with E-state index < -0.39 is 0 Å². The molecule has 0 unspecified atom stereocenters. The van der Waals surface area contributed by atoms with Crippen molar-refractivity contribution in [3.63, 3.8) is 0 Å². The summed E-state index contributed by atoms with van der Waals surface area (Å²) in [5.41, 5.74) is 10.8. The highest BCUT2D eigenvalue weighted by Crippen LogP contribution is 2.44. The molecule has 8 aromatic carbocycles. The summed E-state index contributed by atoms with van der Waals surface area (Å²) in [5.74, 6) is 0. The van der Waals surface area contributed by atoms with Crippen molar-refractivity contribution >= 4 is 60.4 Å². The number of aryl methyl sites for hydroxylation is 1. The molecule has 0 bridgehead atoms. The van der Waals surface area contributed by atoms with Crippen molar-refractivity contribution in [1.29, 1.82) is 0 Å². The van der Waals surface area contributed by atoms with E-state index in [2.05, 4.69) is 192 Å². The Morgan fingerprint density at radius 3 is 1.68 bits per heavy atom. The molecular formula is C45H32N2. The van der Waals surface area contributed by atoms with Crippen LogP contribution in [0, 0.1) is 0 Å². The third kappa shape index (κ3) is 4.41. The Hall–Kier alpha value is -6.12. The van der Waals surface area contributed by atoms with E-state index in [1.807, 2.05) is 0 Å². The predicted octanol–water partition coefficient (Wildman–Crippen LogP) is 12.4. The Morgan fingerprint density at radius 2 is 0.936 bits per heavy atom. The van der Waals surface area contributed by atoms with Gasteiger partial charge < -0.3 is 9.47 Å². The molecule has 0 saturated heterocycles. The third-order valence-electron chi connectivity index (χ3n) is 9.56. The summed E-state index contributed by atoms with van der Waals surface area (Å²) in [6.45, 7) is 0. The highest BCUT2D eigenvalue weighted by atomic mass is 15.1. The molecule has 0 saturated carbocycles. The molecule has 9 rings (SSSR count). The molecule has 2 heteroatoms. The van der Waals surface area contributed by atoms with Gasteiger partial charge in [0.2, 0.25) is 0 Å². The monoisotopic (exact) mass is 600 g/mol. The van der Waals surface area contributed by atoms with E-state index in [-0.39, 0.29) is 0 Å². The first-order valence-corrected chi connectivity index (χ1v) is 16.2. The van der Waals surface area contributed by atoms with Crippen LogP contribution in [0.3, 0.4) is 0 Å². The van der Waals surface area contributed by atoms with Crippen molar-refractivity contribution in [2.45, 2.75) is 0 Å². The molecule has 0 amide bonds. The number of benzene rings is 8. The molecule has 222 valence electrons. The number of para-hydroxylation sites is 1. The second kappa shape index (κ2) is 11.0. The van der Waals surface area contributed by atoms with Crippen LogP contribution in [0.25, 0.3) is 65.6 Å². The van der Waals surface area contributed by atoms with E-state index in [0.717, 1.165) is 17.1 Å². The second-order valence-electron chi connectivity index (χ2n) is 12.2. The first-order chi connectivity index (χ1) is 23.3. The number of aromatic nitrogens is 1. The van der Waals surface area contributed by atoms with Gasteiger partial charge in [0.05, 0.1) is 5.52 Å². The largest absolute Gasteiger partial charge is 0.343 e. The van der Waals surface area contributed by atoms with Gasteiger partial charge in [0.15, 0.2) is 0 Å². The second-order valence-corrected chi connectivity index (χ2v) is 12.2. The lowest BCUT2D eigenvalue weighted by atomic mass is 9.93. The van der Waals surface area contributed by atoms with Gasteiger partial charge >= 0.3 is 0 Å². The van der Waals surface area contributed by atoms with E-state index in [1.165, 1.54) is 65.6 Å². The molecule has 9 aromatic rings. The van der Waals surface area contributed by atoms with Crippen LogP contribution in [-0.2, 0) is 7.05 Å². The lowest BCUT2D eigenvalue weighted by Gasteiger charge is -2.26.